The highest BCUT2D eigenvalue weighted by atomic mass is 15.0. The molecule has 0 bridgehead atoms. The number of hydrogen-bond donors (Lipinski definition) is 0. The summed E-state index contributed by atoms with van der Waals surface area (Å²) in [5, 5.41) is 27.4. The Labute approximate surface area is 235 Å². The Morgan fingerprint density at radius 3 is 1.88 bits per heavy atom. The largest absolute Gasteiger partial charge is 0.374 e. The molecule has 0 aliphatic carbocycles. The van der Waals surface area contributed by atoms with E-state index in [9.17, 15) is 10.5 Å². The Bertz CT molecular complexity index is 2450. The average molecular weight is 518 g/mol. The van der Waals surface area contributed by atoms with Gasteiger partial charge in [0.25, 0.3) is 0 Å². The Hall–Kier alpha value is -5.78. The first kappa shape index (κ1) is 22.1. The van der Waals surface area contributed by atoms with Gasteiger partial charge in [-0.2, -0.15) is 10.5 Å². The fourth-order valence-electron chi connectivity index (χ4n) is 7.29. The molecular formula is C36H19BN4. The minimum absolute atomic E-state index is 0.251. The molecule has 0 spiro atoms. The van der Waals surface area contributed by atoms with Gasteiger partial charge in [-0.25, -0.2) is 0 Å². The van der Waals surface area contributed by atoms with Crippen LogP contribution in [0.2, 0.25) is 0 Å². The average Bonchev–Trinajstić information content (AvgIpc) is 3.56. The minimum Gasteiger partial charge on any atom is -0.374 e. The molecule has 2 aromatic heterocycles. The predicted molar refractivity (Wildman–Crippen MR) is 168 cm³/mol. The van der Waals surface area contributed by atoms with Crippen molar-refractivity contribution in [2.24, 2.45) is 0 Å². The zero-order chi connectivity index (χ0) is 27.2. The normalized spacial score (nSPS) is 12.3. The lowest BCUT2D eigenvalue weighted by Gasteiger charge is -2.29. The summed E-state index contributed by atoms with van der Waals surface area (Å²) in [4.78, 5) is 0. The first-order chi connectivity index (χ1) is 20.3. The predicted octanol–water partition coefficient (Wildman–Crippen LogP) is 6.76. The third-order valence-corrected chi connectivity index (χ3v) is 8.80. The van der Waals surface area contributed by atoms with Crippen LogP contribution in [0.15, 0.2) is 115 Å². The zero-order valence-electron chi connectivity index (χ0n) is 21.8. The van der Waals surface area contributed by atoms with Gasteiger partial charge in [0.1, 0.15) is 12.1 Å². The van der Waals surface area contributed by atoms with Crippen LogP contribution in [0.25, 0.3) is 60.1 Å². The summed E-state index contributed by atoms with van der Waals surface area (Å²) in [5.41, 5.74) is 8.68. The number of fused-ring (bicyclic) bond motifs is 10. The van der Waals surface area contributed by atoms with Crippen molar-refractivity contribution >= 4 is 72.2 Å². The Kier molecular flexibility index (Phi) is 4.25. The number of para-hydroxylation sites is 4. The molecule has 5 heteroatoms. The maximum absolute atomic E-state index is 10.3. The second kappa shape index (κ2) is 7.88. The van der Waals surface area contributed by atoms with Crippen LogP contribution in [0.3, 0.4) is 0 Å². The van der Waals surface area contributed by atoms with Crippen LogP contribution in [0.5, 0.6) is 0 Å². The molecule has 1 aliphatic rings. The molecule has 8 aromatic rings. The molecule has 0 unspecified atom stereocenters. The number of hydrogen-bond acceptors (Lipinski definition) is 2. The topological polar surface area (TPSA) is 57.4 Å². The highest BCUT2D eigenvalue weighted by Crippen LogP contribution is 2.39. The molecule has 186 valence electrons. The molecular weight excluding hydrogens is 499 g/mol. The molecule has 0 fully saturated rings. The van der Waals surface area contributed by atoms with Crippen molar-refractivity contribution in [2.75, 3.05) is 0 Å². The van der Waals surface area contributed by atoms with E-state index in [0.717, 1.165) is 38.4 Å². The molecule has 0 saturated carbocycles. The fraction of sp³-hybridized carbons (Fsp3) is 0. The monoisotopic (exact) mass is 518 g/mol. The van der Waals surface area contributed by atoms with E-state index in [4.69, 9.17) is 0 Å². The third-order valence-electron chi connectivity index (χ3n) is 8.80. The molecule has 1 aliphatic heterocycles. The van der Waals surface area contributed by atoms with Crippen molar-refractivity contribution in [2.45, 2.75) is 0 Å². The standard InChI is InChI=1S/C36H19BN4/c38-20-23-10-7-14-26-27-15-8-11-24(21-39)35(27)41(34(23)26)37-29-16-4-6-18-32(29)40-31-17-5-3-13-28(31)33-25-12-2-1-9-22(25)19-30(37)36(33)40/h1-19H. The van der Waals surface area contributed by atoms with Crippen molar-refractivity contribution < 1.29 is 0 Å². The second-order valence-corrected chi connectivity index (χ2v) is 10.7. The van der Waals surface area contributed by atoms with Crippen LogP contribution in [-0.4, -0.2) is 15.9 Å². The van der Waals surface area contributed by atoms with Crippen LogP contribution in [0.4, 0.5) is 0 Å². The summed E-state index contributed by atoms with van der Waals surface area (Å²) in [7, 11) is 0. The zero-order valence-corrected chi connectivity index (χ0v) is 21.8. The number of nitriles is 2. The lowest BCUT2D eigenvalue weighted by Crippen LogP contribution is -2.53. The SMILES string of the molecule is N#Cc1cccc2c3cccc(C#N)c3n(B3c4ccccc4-n4c5ccccc5c5c6ccccc6cc3c54)c12. The van der Waals surface area contributed by atoms with Gasteiger partial charge in [0.05, 0.1) is 33.2 Å². The van der Waals surface area contributed by atoms with Gasteiger partial charge in [0.15, 0.2) is 0 Å². The van der Waals surface area contributed by atoms with E-state index in [1.54, 1.807) is 0 Å². The van der Waals surface area contributed by atoms with E-state index in [1.807, 2.05) is 24.3 Å². The van der Waals surface area contributed by atoms with Crippen LogP contribution in [-0.2, 0) is 0 Å². The molecule has 9 rings (SSSR count). The van der Waals surface area contributed by atoms with E-state index in [2.05, 4.69) is 112 Å². The number of benzene rings is 6. The van der Waals surface area contributed by atoms with Gasteiger partial charge in [0, 0.05) is 27.2 Å². The summed E-state index contributed by atoms with van der Waals surface area (Å²) in [6.45, 7) is -0.251. The smallest absolute Gasteiger partial charge is 0.332 e. The number of rotatable bonds is 1. The molecule has 0 saturated heterocycles. The van der Waals surface area contributed by atoms with Gasteiger partial charge in [-0.05, 0) is 46.0 Å². The van der Waals surface area contributed by atoms with Crippen molar-refractivity contribution in [3.05, 3.63) is 126 Å². The van der Waals surface area contributed by atoms with E-state index in [1.165, 1.54) is 32.6 Å². The summed E-state index contributed by atoms with van der Waals surface area (Å²) < 4.78 is 4.67. The van der Waals surface area contributed by atoms with Gasteiger partial charge in [0.2, 0.25) is 0 Å². The highest BCUT2D eigenvalue weighted by Gasteiger charge is 2.37. The fourth-order valence-corrected chi connectivity index (χ4v) is 7.29. The van der Waals surface area contributed by atoms with Crippen molar-refractivity contribution in [3.8, 4) is 17.8 Å². The van der Waals surface area contributed by atoms with Crippen molar-refractivity contribution in [3.63, 3.8) is 0 Å². The minimum atomic E-state index is -0.251. The molecule has 0 amide bonds. The van der Waals surface area contributed by atoms with Crippen LogP contribution in [0.1, 0.15) is 11.1 Å². The summed E-state index contributed by atoms with van der Waals surface area (Å²) in [6.07, 6.45) is 0. The van der Waals surface area contributed by atoms with E-state index < -0.39 is 0 Å². The van der Waals surface area contributed by atoms with Crippen LogP contribution in [0, 0.1) is 22.7 Å². The van der Waals surface area contributed by atoms with Gasteiger partial charge in [-0.1, -0.05) is 91.0 Å². The lowest BCUT2D eigenvalue weighted by atomic mass is 9.48. The van der Waals surface area contributed by atoms with Crippen molar-refractivity contribution in [1.29, 1.82) is 10.5 Å². The molecule has 6 aromatic carbocycles. The Morgan fingerprint density at radius 2 is 1.15 bits per heavy atom. The molecule has 0 radical (unpaired) electrons. The number of nitrogens with zero attached hydrogens (tertiary/aromatic N) is 4. The van der Waals surface area contributed by atoms with Crippen molar-refractivity contribution in [1.82, 2.24) is 9.05 Å². The second-order valence-electron chi connectivity index (χ2n) is 10.7. The summed E-state index contributed by atoms with van der Waals surface area (Å²) in [5.74, 6) is 0. The van der Waals surface area contributed by atoms with Crippen LogP contribution >= 0.6 is 0 Å². The van der Waals surface area contributed by atoms with Gasteiger partial charge >= 0.3 is 6.85 Å². The van der Waals surface area contributed by atoms with Gasteiger partial charge in [-0.15, -0.1) is 0 Å². The Balaban J connectivity index is 1.59. The third kappa shape index (κ3) is 2.68. The molecule has 4 nitrogen and oxygen atoms in total. The first-order valence-electron chi connectivity index (χ1n) is 13.7. The van der Waals surface area contributed by atoms with E-state index in [0.29, 0.717) is 11.1 Å². The lowest BCUT2D eigenvalue weighted by molar-refractivity contribution is 1.18. The molecule has 41 heavy (non-hydrogen) atoms. The highest BCUT2D eigenvalue weighted by molar-refractivity contribution is 6.88. The molecule has 0 atom stereocenters. The molecule has 0 N–H and O–H groups in total. The maximum Gasteiger partial charge on any atom is 0.332 e. The first-order valence-corrected chi connectivity index (χ1v) is 13.7. The van der Waals surface area contributed by atoms with Gasteiger partial charge in [-0.3, -0.25) is 0 Å². The summed E-state index contributed by atoms with van der Waals surface area (Å²) >= 11 is 0. The quantitative estimate of drug-likeness (QED) is 0.226. The maximum atomic E-state index is 10.3. The van der Waals surface area contributed by atoms with Crippen LogP contribution < -0.4 is 10.9 Å². The van der Waals surface area contributed by atoms with E-state index in [-0.39, 0.29) is 6.85 Å². The Morgan fingerprint density at radius 1 is 0.537 bits per heavy atom. The number of aromatic nitrogens is 2. The van der Waals surface area contributed by atoms with Gasteiger partial charge < -0.3 is 9.05 Å². The summed E-state index contributed by atoms with van der Waals surface area (Å²) in [6, 6.07) is 44.8. The molecule has 3 heterocycles. The van der Waals surface area contributed by atoms with E-state index >= 15 is 0 Å².